The Labute approximate surface area is 162 Å². The largest absolute Gasteiger partial charge is 0.476 e. The van der Waals surface area contributed by atoms with Crippen LogP contribution in [-0.2, 0) is 0 Å². The van der Waals surface area contributed by atoms with Crippen LogP contribution in [0.25, 0.3) is 27.8 Å². The fourth-order valence-corrected chi connectivity index (χ4v) is 3.05. The number of aromatic nitrogens is 4. The number of rotatable bonds is 4. The molecule has 138 valence electrons. The Morgan fingerprint density at radius 3 is 2.57 bits per heavy atom. The van der Waals surface area contributed by atoms with Crippen LogP contribution in [0.3, 0.4) is 0 Å². The topological polar surface area (TPSA) is 124 Å². The molecular formula is C18H10ClN5O4. The third kappa shape index (κ3) is 2.93. The zero-order chi connectivity index (χ0) is 19.8. The minimum absolute atomic E-state index is 0.108. The van der Waals surface area contributed by atoms with Gasteiger partial charge in [0.1, 0.15) is 5.69 Å². The van der Waals surface area contributed by atoms with E-state index in [1.54, 1.807) is 30.5 Å². The number of carbonyl (C=O) groups is 1. The molecule has 0 fully saturated rings. The van der Waals surface area contributed by atoms with Crippen LogP contribution >= 0.6 is 11.6 Å². The van der Waals surface area contributed by atoms with Crippen LogP contribution in [0.4, 0.5) is 5.69 Å². The van der Waals surface area contributed by atoms with Crippen molar-refractivity contribution < 1.29 is 14.8 Å². The number of nitro groups is 1. The maximum atomic E-state index is 11.7. The van der Waals surface area contributed by atoms with Gasteiger partial charge in [-0.05, 0) is 36.4 Å². The highest BCUT2D eigenvalue weighted by Gasteiger charge is 2.23. The summed E-state index contributed by atoms with van der Waals surface area (Å²) >= 11 is 6.02. The van der Waals surface area contributed by atoms with E-state index >= 15 is 0 Å². The highest BCUT2D eigenvalue weighted by molar-refractivity contribution is 6.31. The summed E-state index contributed by atoms with van der Waals surface area (Å²) in [6, 6.07) is 12.3. The van der Waals surface area contributed by atoms with Crippen LogP contribution in [0.2, 0.25) is 5.02 Å². The van der Waals surface area contributed by atoms with E-state index < -0.39 is 10.9 Å². The van der Waals surface area contributed by atoms with Crippen LogP contribution in [0.1, 0.15) is 10.5 Å². The van der Waals surface area contributed by atoms with Crippen molar-refractivity contribution in [2.75, 3.05) is 0 Å². The second kappa shape index (κ2) is 6.71. The molecule has 0 radical (unpaired) electrons. The molecule has 0 aliphatic carbocycles. The summed E-state index contributed by atoms with van der Waals surface area (Å²) in [7, 11) is 0. The van der Waals surface area contributed by atoms with Gasteiger partial charge in [0.2, 0.25) is 0 Å². The Bertz CT molecular complexity index is 1240. The van der Waals surface area contributed by atoms with Gasteiger partial charge in [0.05, 0.1) is 16.1 Å². The van der Waals surface area contributed by atoms with Gasteiger partial charge in [-0.3, -0.25) is 15.1 Å². The van der Waals surface area contributed by atoms with Crippen molar-refractivity contribution in [3.8, 4) is 16.9 Å². The fourth-order valence-electron chi connectivity index (χ4n) is 2.89. The van der Waals surface area contributed by atoms with Crippen LogP contribution < -0.4 is 0 Å². The normalized spacial score (nSPS) is 10.9. The molecule has 1 N–H and O–H groups in total. The fraction of sp³-hybridized carbons (Fsp3) is 0. The van der Waals surface area contributed by atoms with E-state index in [9.17, 15) is 20.0 Å². The number of hydrogen-bond acceptors (Lipinski definition) is 6. The first-order valence-electron chi connectivity index (χ1n) is 7.94. The lowest BCUT2D eigenvalue weighted by atomic mass is 10.1. The van der Waals surface area contributed by atoms with Crippen LogP contribution in [0.5, 0.6) is 0 Å². The Hall–Kier alpha value is -3.85. The predicted molar refractivity (Wildman–Crippen MR) is 101 cm³/mol. The zero-order valence-corrected chi connectivity index (χ0v) is 14.7. The number of aromatic carboxylic acids is 1. The number of carboxylic acid groups (broad SMARTS) is 1. The Morgan fingerprint density at radius 1 is 1.14 bits per heavy atom. The number of halogens is 1. The quantitative estimate of drug-likeness (QED) is 0.412. The van der Waals surface area contributed by atoms with E-state index in [1.807, 2.05) is 0 Å². The summed E-state index contributed by atoms with van der Waals surface area (Å²) in [4.78, 5) is 26.3. The molecule has 9 nitrogen and oxygen atoms in total. The van der Waals surface area contributed by atoms with Crippen LogP contribution in [0.15, 0.2) is 54.7 Å². The van der Waals surface area contributed by atoms with Crippen molar-refractivity contribution in [3.63, 3.8) is 0 Å². The average Bonchev–Trinajstić information content (AvgIpc) is 3.12. The molecule has 0 atom stereocenters. The average molecular weight is 396 g/mol. The monoisotopic (exact) mass is 395 g/mol. The number of hydrogen-bond donors (Lipinski definition) is 1. The molecule has 2 aromatic heterocycles. The van der Waals surface area contributed by atoms with Crippen molar-refractivity contribution in [1.82, 2.24) is 20.0 Å². The molecule has 10 heteroatoms. The summed E-state index contributed by atoms with van der Waals surface area (Å²) in [5.74, 6) is -1.26. The molecule has 0 amide bonds. The maximum Gasteiger partial charge on any atom is 0.358 e. The lowest BCUT2D eigenvalue weighted by Crippen LogP contribution is -2.04. The second-order valence-corrected chi connectivity index (χ2v) is 6.24. The molecule has 0 saturated heterocycles. The van der Waals surface area contributed by atoms with Crippen LogP contribution in [-0.4, -0.2) is 36.0 Å². The first-order chi connectivity index (χ1) is 13.5. The SMILES string of the molecule is O=C(O)c1nnn(-c2ccnc3cc(Cl)ccc23)c1-c1ccc([N+](=O)[O-])cc1. The highest BCUT2D eigenvalue weighted by atomic mass is 35.5. The first kappa shape index (κ1) is 17.6. The summed E-state index contributed by atoms with van der Waals surface area (Å²) < 4.78 is 1.38. The minimum atomic E-state index is -1.26. The standard InChI is InChI=1S/C18H10ClN5O4/c19-11-3-6-13-14(9-11)20-8-7-15(13)23-17(16(18(25)26)21-22-23)10-1-4-12(5-2-10)24(27)28/h1-9H,(H,25,26). The van der Waals surface area contributed by atoms with Gasteiger partial charge in [0, 0.05) is 34.3 Å². The van der Waals surface area contributed by atoms with Gasteiger partial charge >= 0.3 is 5.97 Å². The van der Waals surface area contributed by atoms with Gasteiger partial charge in [-0.1, -0.05) is 16.8 Å². The number of pyridine rings is 1. The smallest absolute Gasteiger partial charge is 0.358 e. The van der Waals surface area contributed by atoms with E-state index in [4.69, 9.17) is 11.6 Å². The van der Waals surface area contributed by atoms with Crippen molar-refractivity contribution in [2.45, 2.75) is 0 Å². The molecule has 4 aromatic rings. The number of benzene rings is 2. The Kier molecular flexibility index (Phi) is 4.21. The second-order valence-electron chi connectivity index (χ2n) is 5.80. The Morgan fingerprint density at radius 2 is 1.89 bits per heavy atom. The molecule has 4 rings (SSSR count). The van der Waals surface area contributed by atoms with E-state index in [0.717, 1.165) is 0 Å². The minimum Gasteiger partial charge on any atom is -0.476 e. The summed E-state index contributed by atoms with van der Waals surface area (Å²) in [6.07, 6.45) is 1.55. The molecule has 0 aliphatic rings. The van der Waals surface area contributed by atoms with E-state index in [0.29, 0.717) is 27.2 Å². The molecule has 0 spiro atoms. The van der Waals surface area contributed by atoms with Gasteiger partial charge < -0.3 is 5.11 Å². The highest BCUT2D eigenvalue weighted by Crippen LogP contribution is 2.30. The van der Waals surface area contributed by atoms with Crippen molar-refractivity contribution >= 4 is 34.2 Å². The van der Waals surface area contributed by atoms with E-state index in [-0.39, 0.29) is 17.1 Å². The number of fused-ring (bicyclic) bond motifs is 1. The van der Waals surface area contributed by atoms with Gasteiger partial charge in [-0.25, -0.2) is 9.48 Å². The van der Waals surface area contributed by atoms with Gasteiger partial charge in [0.25, 0.3) is 5.69 Å². The molecule has 0 aliphatic heterocycles. The summed E-state index contributed by atoms with van der Waals surface area (Å²) in [6.45, 7) is 0. The molecule has 28 heavy (non-hydrogen) atoms. The van der Waals surface area contributed by atoms with Crippen molar-refractivity contribution in [1.29, 1.82) is 0 Å². The van der Waals surface area contributed by atoms with E-state index in [1.165, 1.54) is 28.9 Å². The molecule has 2 heterocycles. The van der Waals surface area contributed by atoms with Crippen LogP contribution in [0, 0.1) is 10.1 Å². The number of nitro benzene ring substituents is 1. The number of non-ortho nitro benzene ring substituents is 1. The lowest BCUT2D eigenvalue weighted by Gasteiger charge is -2.10. The van der Waals surface area contributed by atoms with E-state index in [2.05, 4.69) is 15.3 Å². The lowest BCUT2D eigenvalue weighted by molar-refractivity contribution is -0.384. The van der Waals surface area contributed by atoms with Gasteiger partial charge in [-0.2, -0.15) is 0 Å². The number of carboxylic acids is 1. The molecule has 0 unspecified atom stereocenters. The summed E-state index contributed by atoms with van der Waals surface area (Å²) in [5.41, 5.74) is 1.40. The molecule has 0 saturated carbocycles. The maximum absolute atomic E-state index is 11.7. The molecular weight excluding hydrogens is 386 g/mol. The number of nitrogens with zero attached hydrogens (tertiary/aromatic N) is 5. The molecule has 2 aromatic carbocycles. The Balaban J connectivity index is 1.97. The summed E-state index contributed by atoms with van der Waals surface area (Å²) in [5, 5.41) is 29.4. The van der Waals surface area contributed by atoms with Crippen molar-refractivity contribution in [2.24, 2.45) is 0 Å². The third-order valence-corrected chi connectivity index (χ3v) is 4.37. The van der Waals surface area contributed by atoms with Gasteiger partial charge in [0.15, 0.2) is 5.69 Å². The zero-order valence-electron chi connectivity index (χ0n) is 14.0. The predicted octanol–water partition coefficient (Wildman–Crippen LogP) is 3.74. The van der Waals surface area contributed by atoms with Crippen molar-refractivity contribution in [3.05, 3.63) is 75.6 Å². The molecule has 0 bridgehead atoms. The third-order valence-electron chi connectivity index (χ3n) is 4.13. The first-order valence-corrected chi connectivity index (χ1v) is 8.32. The van der Waals surface area contributed by atoms with Gasteiger partial charge in [-0.15, -0.1) is 5.10 Å².